The quantitative estimate of drug-likeness (QED) is 0.749. The number of hydrogen-bond donors (Lipinski definition) is 1. The molecule has 1 aromatic carbocycles. The summed E-state index contributed by atoms with van der Waals surface area (Å²) >= 11 is 0. The average Bonchev–Trinajstić information content (AvgIpc) is 2.03. The fraction of sp³-hybridized carbons (Fsp3) is 0.400. The highest BCUT2D eigenvalue weighted by Crippen LogP contribution is 2.17. The summed E-state index contributed by atoms with van der Waals surface area (Å²) in [6.07, 6.45) is 0. The van der Waals surface area contributed by atoms with Gasteiger partial charge in [0.1, 0.15) is 14.0 Å². The van der Waals surface area contributed by atoms with Crippen LogP contribution < -0.4 is 9.72 Å². The van der Waals surface area contributed by atoms with Crippen LogP contribution in [0.4, 0.5) is 5.69 Å². The van der Waals surface area contributed by atoms with Gasteiger partial charge in [-0.25, -0.2) is 0 Å². The summed E-state index contributed by atoms with van der Waals surface area (Å²) in [6, 6.07) is 8.05. The first-order valence-electron chi connectivity index (χ1n) is 4.43. The van der Waals surface area contributed by atoms with Crippen LogP contribution in [0.15, 0.2) is 24.3 Å². The molecule has 3 heteroatoms. The van der Waals surface area contributed by atoms with E-state index >= 15 is 0 Å². The Balaban J connectivity index is 2.70. The maximum Gasteiger partial charge on any atom is 0.144 e. The molecule has 0 amide bonds. The number of anilines is 1. The van der Waals surface area contributed by atoms with E-state index in [1.165, 1.54) is 5.69 Å². The van der Waals surface area contributed by atoms with Gasteiger partial charge in [-0.1, -0.05) is 19.6 Å². The summed E-state index contributed by atoms with van der Waals surface area (Å²) in [5.41, 5.74) is 1.18. The number of rotatable bonds is 3. The van der Waals surface area contributed by atoms with Crippen molar-refractivity contribution in [3.8, 4) is 5.75 Å². The molecule has 0 aliphatic rings. The summed E-state index contributed by atoms with van der Waals surface area (Å²) in [7, 11) is 0.465. The first kappa shape index (κ1) is 10.1. The third-order valence-electron chi connectivity index (χ3n) is 1.61. The molecule has 0 aliphatic heterocycles. The fourth-order valence-electron chi connectivity index (χ4n) is 1.11. The SMILES string of the molecule is COc1ccc(N[Si](C)(C)C)cc1. The van der Waals surface area contributed by atoms with Gasteiger partial charge in [-0.2, -0.15) is 0 Å². The van der Waals surface area contributed by atoms with Crippen molar-refractivity contribution in [2.45, 2.75) is 19.6 Å². The lowest BCUT2D eigenvalue weighted by molar-refractivity contribution is 0.415. The summed E-state index contributed by atoms with van der Waals surface area (Å²) in [5, 5.41) is 0. The van der Waals surface area contributed by atoms with E-state index in [1.54, 1.807) is 7.11 Å². The van der Waals surface area contributed by atoms with Crippen molar-refractivity contribution in [2.75, 3.05) is 12.1 Å². The second-order valence-corrected chi connectivity index (χ2v) is 8.85. The normalized spacial score (nSPS) is 11.1. The molecular formula is C10H17NOSi. The summed E-state index contributed by atoms with van der Waals surface area (Å²) in [6.45, 7) is 6.83. The molecule has 0 fully saturated rings. The summed E-state index contributed by atoms with van der Waals surface area (Å²) < 4.78 is 5.08. The average molecular weight is 195 g/mol. The van der Waals surface area contributed by atoms with Crippen LogP contribution >= 0.6 is 0 Å². The molecule has 1 aromatic rings. The van der Waals surface area contributed by atoms with Crippen LogP contribution in [0.2, 0.25) is 19.6 Å². The minimum Gasteiger partial charge on any atom is -0.497 e. The maximum atomic E-state index is 5.08. The molecule has 0 spiro atoms. The van der Waals surface area contributed by atoms with E-state index in [0.717, 1.165) is 5.75 Å². The van der Waals surface area contributed by atoms with Gasteiger partial charge in [0, 0.05) is 5.69 Å². The lowest BCUT2D eigenvalue weighted by Gasteiger charge is -2.19. The third kappa shape index (κ3) is 3.50. The van der Waals surface area contributed by atoms with E-state index in [-0.39, 0.29) is 0 Å². The van der Waals surface area contributed by atoms with E-state index in [4.69, 9.17) is 4.74 Å². The zero-order valence-electron chi connectivity index (χ0n) is 8.72. The number of benzene rings is 1. The molecule has 0 heterocycles. The first-order chi connectivity index (χ1) is 6.01. The Morgan fingerprint density at radius 2 is 1.62 bits per heavy atom. The molecule has 0 aliphatic carbocycles. The first-order valence-corrected chi connectivity index (χ1v) is 7.93. The zero-order valence-corrected chi connectivity index (χ0v) is 9.72. The van der Waals surface area contributed by atoms with Gasteiger partial charge in [0.2, 0.25) is 0 Å². The molecule has 13 heavy (non-hydrogen) atoms. The van der Waals surface area contributed by atoms with E-state index < -0.39 is 8.24 Å². The highest BCUT2D eigenvalue weighted by Gasteiger charge is 2.12. The minimum absolute atomic E-state index is 0.904. The zero-order chi connectivity index (χ0) is 9.90. The van der Waals surface area contributed by atoms with Crippen LogP contribution in [-0.2, 0) is 0 Å². The molecule has 72 valence electrons. The topological polar surface area (TPSA) is 21.3 Å². The Morgan fingerprint density at radius 1 is 1.08 bits per heavy atom. The predicted octanol–water partition coefficient (Wildman–Crippen LogP) is 2.94. The maximum absolute atomic E-state index is 5.08. The molecule has 0 unspecified atom stereocenters. The van der Waals surface area contributed by atoms with Crippen LogP contribution in [0.1, 0.15) is 0 Å². The Kier molecular flexibility index (Phi) is 2.98. The molecule has 0 aromatic heterocycles. The van der Waals surface area contributed by atoms with Gasteiger partial charge in [-0.3, -0.25) is 0 Å². The van der Waals surface area contributed by atoms with E-state index in [2.05, 4.69) is 36.8 Å². The van der Waals surface area contributed by atoms with Gasteiger partial charge in [0.05, 0.1) is 7.11 Å². The van der Waals surface area contributed by atoms with Crippen LogP contribution in [0.5, 0.6) is 5.75 Å². The lowest BCUT2D eigenvalue weighted by Crippen LogP contribution is -2.32. The van der Waals surface area contributed by atoms with Gasteiger partial charge in [0.25, 0.3) is 0 Å². The van der Waals surface area contributed by atoms with Gasteiger partial charge in [0.15, 0.2) is 0 Å². The second-order valence-electron chi connectivity index (χ2n) is 4.10. The van der Waals surface area contributed by atoms with Crippen LogP contribution in [0.3, 0.4) is 0 Å². The number of nitrogens with one attached hydrogen (secondary N) is 1. The van der Waals surface area contributed by atoms with Crippen molar-refractivity contribution in [3.63, 3.8) is 0 Å². The molecular weight excluding hydrogens is 178 g/mol. The molecule has 0 radical (unpaired) electrons. The third-order valence-corrected chi connectivity index (χ3v) is 2.65. The largest absolute Gasteiger partial charge is 0.497 e. The number of ether oxygens (including phenoxy) is 1. The molecule has 0 atom stereocenters. The molecule has 0 bridgehead atoms. The molecule has 1 N–H and O–H groups in total. The van der Waals surface area contributed by atoms with Gasteiger partial charge >= 0.3 is 0 Å². The summed E-state index contributed by atoms with van der Waals surface area (Å²) in [5.74, 6) is 0.904. The van der Waals surface area contributed by atoms with Crippen molar-refractivity contribution in [1.29, 1.82) is 0 Å². The fourth-order valence-corrected chi connectivity index (χ4v) is 2.14. The number of hydrogen-bond acceptors (Lipinski definition) is 2. The molecule has 1 rings (SSSR count). The van der Waals surface area contributed by atoms with Gasteiger partial charge in [-0.15, -0.1) is 0 Å². The Morgan fingerprint density at radius 3 is 2.00 bits per heavy atom. The molecule has 0 saturated heterocycles. The monoisotopic (exact) mass is 195 g/mol. The molecule has 2 nitrogen and oxygen atoms in total. The summed E-state index contributed by atoms with van der Waals surface area (Å²) in [4.78, 5) is 3.52. The number of methoxy groups -OCH3 is 1. The van der Waals surface area contributed by atoms with Crippen molar-refractivity contribution in [2.24, 2.45) is 0 Å². The van der Waals surface area contributed by atoms with Gasteiger partial charge in [-0.05, 0) is 24.3 Å². The van der Waals surface area contributed by atoms with Crippen molar-refractivity contribution < 1.29 is 4.74 Å². The Bertz CT molecular complexity index is 263. The van der Waals surface area contributed by atoms with E-state index in [1.807, 2.05) is 12.1 Å². The predicted molar refractivity (Wildman–Crippen MR) is 60.0 cm³/mol. The standard InChI is InChI=1S/C10H17NOSi/c1-12-10-7-5-9(6-8-10)11-13(2,3)4/h5-8,11H,1-4H3. The van der Waals surface area contributed by atoms with Crippen molar-refractivity contribution in [1.82, 2.24) is 0 Å². The van der Waals surface area contributed by atoms with Crippen LogP contribution in [-0.4, -0.2) is 15.3 Å². The minimum atomic E-state index is -1.22. The van der Waals surface area contributed by atoms with E-state index in [9.17, 15) is 0 Å². The van der Waals surface area contributed by atoms with Gasteiger partial charge < -0.3 is 9.72 Å². The van der Waals surface area contributed by atoms with E-state index in [0.29, 0.717) is 0 Å². The Labute approximate surface area is 81.0 Å². The van der Waals surface area contributed by atoms with Crippen LogP contribution in [0, 0.1) is 0 Å². The second kappa shape index (κ2) is 3.83. The van der Waals surface area contributed by atoms with Crippen molar-refractivity contribution >= 4 is 13.9 Å². The molecule has 0 saturated carbocycles. The smallest absolute Gasteiger partial charge is 0.144 e. The Hall–Kier alpha value is -0.963. The van der Waals surface area contributed by atoms with Crippen molar-refractivity contribution in [3.05, 3.63) is 24.3 Å². The van der Waals surface area contributed by atoms with Crippen LogP contribution in [0.25, 0.3) is 0 Å². The highest BCUT2D eigenvalue weighted by molar-refractivity contribution is 6.79. The highest BCUT2D eigenvalue weighted by atomic mass is 28.3. The lowest BCUT2D eigenvalue weighted by atomic mass is 10.3.